The molecule has 8 atom stereocenters. The van der Waals surface area contributed by atoms with Gasteiger partial charge in [-0.2, -0.15) is 0 Å². The number of Topliss-reactive ketones (excluding diaryl/α,β-unsaturated/α-hetero) is 1. The van der Waals surface area contributed by atoms with Crippen LogP contribution in [-0.2, 0) is 21.4 Å². The van der Waals surface area contributed by atoms with Gasteiger partial charge < -0.3 is 25.1 Å². The van der Waals surface area contributed by atoms with E-state index in [1.165, 1.54) is 0 Å². The maximum atomic E-state index is 14.5. The van der Waals surface area contributed by atoms with Gasteiger partial charge in [-0.3, -0.25) is 9.59 Å². The number of ether oxygens (including phenoxy) is 1. The molecule has 1 saturated carbocycles. The van der Waals surface area contributed by atoms with Crippen molar-refractivity contribution in [2.75, 3.05) is 0 Å². The molecular formula is C32H35N3O4. The summed E-state index contributed by atoms with van der Waals surface area (Å²) < 4.78 is 6.94. The Morgan fingerprint density at radius 1 is 1.13 bits per heavy atom. The first-order chi connectivity index (χ1) is 18.6. The standard InChI is InChI=1S/C32H35N3O4/c1-17-8-7-10-22-28(37)30(4)19(3)27-31(39-30,15-20-16-33-23-11-6-5-9-21(20)23)35-29(38)32(22,27)25-13-12-24(34-25)26(36)18(2)14-17/h5-7,9-14,16-17,19,22,27-28,33-34,37H,8,15H2,1-4H3,(H,35,38)/b10-7-,18-14+/t17-,19-,22-,27-,28-,30-,31+,32-/m0/s1. The average Bonchev–Trinajstić information content (AvgIpc) is 3.63. The van der Waals surface area contributed by atoms with Crippen LogP contribution in [0.3, 0.4) is 0 Å². The number of benzene rings is 1. The van der Waals surface area contributed by atoms with Crippen LogP contribution in [0.15, 0.2) is 66.4 Å². The molecule has 0 unspecified atom stereocenters. The van der Waals surface area contributed by atoms with E-state index in [-0.39, 0.29) is 29.4 Å². The van der Waals surface area contributed by atoms with Crippen molar-refractivity contribution in [2.45, 2.75) is 63.4 Å². The number of rotatable bonds is 2. The van der Waals surface area contributed by atoms with Crippen LogP contribution >= 0.6 is 0 Å². The number of para-hydroxylation sites is 1. The molecule has 1 amide bonds. The number of hydrogen-bond acceptors (Lipinski definition) is 4. The van der Waals surface area contributed by atoms with Gasteiger partial charge in [-0.1, -0.05) is 50.3 Å². The highest BCUT2D eigenvalue weighted by molar-refractivity contribution is 6.07. The van der Waals surface area contributed by atoms with Crippen molar-refractivity contribution in [1.82, 2.24) is 15.3 Å². The highest BCUT2D eigenvalue weighted by Crippen LogP contribution is 2.67. The molecule has 1 aromatic carbocycles. The monoisotopic (exact) mass is 525 g/mol. The van der Waals surface area contributed by atoms with Crippen molar-refractivity contribution < 1.29 is 19.4 Å². The zero-order chi connectivity index (χ0) is 27.3. The number of aliphatic hydroxyl groups is 1. The van der Waals surface area contributed by atoms with Crippen molar-refractivity contribution in [3.63, 3.8) is 0 Å². The largest absolute Gasteiger partial charge is 0.389 e. The fourth-order valence-corrected chi connectivity index (χ4v) is 8.35. The normalized spacial score (nSPS) is 41.4. The van der Waals surface area contributed by atoms with Crippen molar-refractivity contribution in [2.24, 2.45) is 23.7 Å². The van der Waals surface area contributed by atoms with E-state index in [9.17, 15) is 14.7 Å². The molecule has 4 N–H and O–H groups in total. The van der Waals surface area contributed by atoms with E-state index in [1.807, 2.05) is 56.5 Å². The second kappa shape index (κ2) is 8.05. The van der Waals surface area contributed by atoms with Crippen LogP contribution in [0.25, 0.3) is 10.9 Å². The van der Waals surface area contributed by atoms with Crippen LogP contribution in [0.1, 0.15) is 55.9 Å². The molecule has 4 aliphatic rings. The number of aromatic amines is 2. The Labute approximate surface area is 227 Å². The van der Waals surface area contributed by atoms with Crippen LogP contribution in [0.5, 0.6) is 0 Å². The molecule has 0 radical (unpaired) electrons. The van der Waals surface area contributed by atoms with E-state index < -0.39 is 28.8 Å². The first kappa shape index (κ1) is 24.6. The SMILES string of the molecule is C/C1=C\[C@@H](C)C/C=C\[C@H]2[C@H](O)[C@@]3(C)O[C@@]4(Cc5c[nH]c6ccccc56)NC(=O)[C@@]2(c2ccc([nH]2)C1=O)[C@H]4[C@@H]3C. The molecule has 2 aromatic heterocycles. The maximum Gasteiger partial charge on any atom is 0.235 e. The lowest BCUT2D eigenvalue weighted by molar-refractivity contribution is -0.185. The fourth-order valence-electron chi connectivity index (χ4n) is 8.35. The Hall–Kier alpha value is -3.42. The summed E-state index contributed by atoms with van der Waals surface area (Å²) in [6.45, 7) is 7.99. The second-order valence-corrected chi connectivity index (χ2v) is 12.4. The van der Waals surface area contributed by atoms with E-state index in [0.29, 0.717) is 29.8 Å². The summed E-state index contributed by atoms with van der Waals surface area (Å²) in [5, 5.41) is 16.5. The van der Waals surface area contributed by atoms with E-state index in [0.717, 1.165) is 16.5 Å². The van der Waals surface area contributed by atoms with Crippen LogP contribution in [0, 0.1) is 23.7 Å². The number of carbonyl (C=O) groups is 2. The van der Waals surface area contributed by atoms with Gasteiger partial charge in [0.25, 0.3) is 0 Å². The number of hydrogen-bond donors (Lipinski definition) is 4. The quantitative estimate of drug-likeness (QED) is 0.368. The van der Waals surface area contributed by atoms with Gasteiger partial charge in [-0.25, -0.2) is 0 Å². The van der Waals surface area contributed by atoms with Crippen LogP contribution < -0.4 is 5.32 Å². The molecule has 3 aliphatic heterocycles. The minimum absolute atomic E-state index is 0.0778. The molecule has 7 heteroatoms. The Balaban J connectivity index is 1.45. The second-order valence-electron chi connectivity index (χ2n) is 12.4. The summed E-state index contributed by atoms with van der Waals surface area (Å²) in [6, 6.07) is 11.8. The Morgan fingerprint density at radius 2 is 1.92 bits per heavy atom. The average molecular weight is 526 g/mol. The van der Waals surface area contributed by atoms with Crippen molar-refractivity contribution >= 4 is 22.6 Å². The molecule has 1 aliphatic carbocycles. The molecule has 1 spiro atoms. The third-order valence-corrected chi connectivity index (χ3v) is 10.2. The first-order valence-electron chi connectivity index (χ1n) is 14.0. The number of ketones is 1. The number of aliphatic hydroxyl groups excluding tert-OH is 1. The third kappa shape index (κ3) is 3.06. The fraction of sp³-hybridized carbons (Fsp3) is 0.438. The molecule has 202 valence electrons. The number of H-pyrrole nitrogens is 2. The van der Waals surface area contributed by atoms with Crippen LogP contribution in [-0.4, -0.2) is 44.2 Å². The molecule has 7 nitrogen and oxygen atoms in total. The summed E-state index contributed by atoms with van der Waals surface area (Å²) in [5.74, 6) is -1.07. The molecule has 5 heterocycles. The zero-order valence-corrected chi connectivity index (χ0v) is 22.7. The summed E-state index contributed by atoms with van der Waals surface area (Å²) in [6.07, 6.45) is 8.32. The predicted octanol–water partition coefficient (Wildman–Crippen LogP) is 4.56. The predicted molar refractivity (Wildman–Crippen MR) is 148 cm³/mol. The summed E-state index contributed by atoms with van der Waals surface area (Å²) >= 11 is 0. The lowest BCUT2D eigenvalue weighted by Crippen LogP contribution is -2.64. The number of allylic oxidation sites excluding steroid dienone is 3. The number of aromatic nitrogens is 2. The summed E-state index contributed by atoms with van der Waals surface area (Å²) in [5.41, 5.74) is 0.859. The Kier molecular flexibility index (Phi) is 5.08. The lowest BCUT2D eigenvalue weighted by atomic mass is 9.51. The van der Waals surface area contributed by atoms with Crippen LogP contribution in [0.4, 0.5) is 0 Å². The molecule has 3 fully saturated rings. The molecule has 2 saturated heterocycles. The minimum atomic E-state index is -1.13. The number of amides is 1. The van der Waals surface area contributed by atoms with E-state index >= 15 is 0 Å². The number of carbonyl (C=O) groups excluding carboxylic acids is 2. The van der Waals surface area contributed by atoms with Crippen molar-refractivity contribution in [3.8, 4) is 0 Å². The highest BCUT2D eigenvalue weighted by atomic mass is 16.6. The smallest absolute Gasteiger partial charge is 0.235 e. The molecule has 4 bridgehead atoms. The van der Waals surface area contributed by atoms with Crippen molar-refractivity contribution in [1.29, 1.82) is 0 Å². The number of fused-ring (bicyclic) bond motifs is 4. The van der Waals surface area contributed by atoms with Gasteiger partial charge in [0, 0.05) is 41.1 Å². The van der Waals surface area contributed by atoms with Gasteiger partial charge in [-0.15, -0.1) is 0 Å². The Bertz CT molecular complexity index is 1580. The Morgan fingerprint density at radius 3 is 2.74 bits per heavy atom. The van der Waals surface area contributed by atoms with Gasteiger partial charge in [0.2, 0.25) is 11.7 Å². The topological polar surface area (TPSA) is 107 Å². The zero-order valence-electron chi connectivity index (χ0n) is 22.7. The van der Waals surface area contributed by atoms with Crippen molar-refractivity contribution in [3.05, 3.63) is 83.3 Å². The highest BCUT2D eigenvalue weighted by Gasteiger charge is 2.80. The molecule has 39 heavy (non-hydrogen) atoms. The van der Waals surface area contributed by atoms with Gasteiger partial charge in [0.15, 0.2) is 0 Å². The molecule has 7 rings (SSSR count). The van der Waals surface area contributed by atoms with E-state index in [4.69, 9.17) is 4.74 Å². The van der Waals surface area contributed by atoms with Gasteiger partial charge in [-0.05, 0) is 61.4 Å². The summed E-state index contributed by atoms with van der Waals surface area (Å²) in [4.78, 5) is 34.5. The van der Waals surface area contributed by atoms with E-state index in [2.05, 4.69) is 41.3 Å². The van der Waals surface area contributed by atoms with Gasteiger partial charge in [0.05, 0.1) is 17.4 Å². The molecular weight excluding hydrogens is 490 g/mol. The van der Waals surface area contributed by atoms with Gasteiger partial charge in [0.1, 0.15) is 11.1 Å². The number of nitrogens with one attached hydrogen (secondary N) is 3. The first-order valence-corrected chi connectivity index (χ1v) is 14.0. The minimum Gasteiger partial charge on any atom is -0.389 e. The maximum absolute atomic E-state index is 14.5. The van der Waals surface area contributed by atoms with Gasteiger partial charge >= 0.3 is 0 Å². The lowest BCUT2D eigenvalue weighted by Gasteiger charge is -2.51. The molecule has 3 aromatic rings. The third-order valence-electron chi connectivity index (χ3n) is 10.2. The summed E-state index contributed by atoms with van der Waals surface area (Å²) in [7, 11) is 0. The van der Waals surface area contributed by atoms with Crippen LogP contribution in [0.2, 0.25) is 0 Å². The van der Waals surface area contributed by atoms with E-state index in [1.54, 1.807) is 6.07 Å².